The van der Waals surface area contributed by atoms with Crippen molar-refractivity contribution in [2.75, 3.05) is 20.2 Å². The summed E-state index contributed by atoms with van der Waals surface area (Å²) >= 11 is 0. The number of ether oxygens (including phenoxy) is 1. The van der Waals surface area contributed by atoms with E-state index < -0.39 is 0 Å². The number of hydrogen-bond acceptors (Lipinski definition) is 3. The number of nitrogens with one attached hydrogen (secondary N) is 2. The molecule has 2 unspecified atom stereocenters. The standard InChI is InChI=1S/C14H20N2O2.ClH/c1-10-7-8-15-9-13(10)16-14(17)11-3-5-12(18-2)6-4-11;/h3-6,10,13,15H,7-9H2,1-2H3,(H,16,17);1H. The number of amides is 1. The highest BCUT2D eigenvalue weighted by Gasteiger charge is 2.22. The quantitative estimate of drug-likeness (QED) is 0.891. The fourth-order valence-corrected chi connectivity index (χ4v) is 2.18. The van der Waals surface area contributed by atoms with E-state index in [0.717, 1.165) is 25.3 Å². The molecule has 5 heteroatoms. The zero-order valence-corrected chi connectivity index (χ0v) is 12.1. The van der Waals surface area contributed by atoms with Crippen molar-refractivity contribution in [3.05, 3.63) is 29.8 Å². The van der Waals surface area contributed by atoms with Crippen LogP contribution < -0.4 is 15.4 Å². The Kier molecular flexibility index (Phi) is 6.12. The normalized spacial score (nSPS) is 22.2. The number of carbonyl (C=O) groups excluding carboxylic acids is 1. The van der Waals surface area contributed by atoms with E-state index in [2.05, 4.69) is 17.6 Å². The molecule has 2 rings (SSSR count). The van der Waals surface area contributed by atoms with Crippen molar-refractivity contribution in [2.45, 2.75) is 19.4 Å². The van der Waals surface area contributed by atoms with Crippen LogP contribution in [0.3, 0.4) is 0 Å². The maximum absolute atomic E-state index is 12.1. The lowest BCUT2D eigenvalue weighted by Gasteiger charge is -2.30. The highest BCUT2D eigenvalue weighted by molar-refractivity contribution is 5.94. The summed E-state index contributed by atoms with van der Waals surface area (Å²) in [5.74, 6) is 1.27. The van der Waals surface area contributed by atoms with E-state index in [4.69, 9.17) is 4.74 Å². The summed E-state index contributed by atoms with van der Waals surface area (Å²) in [6.45, 7) is 4.07. The predicted molar refractivity (Wildman–Crippen MR) is 78.1 cm³/mol. The Morgan fingerprint density at radius 3 is 2.63 bits per heavy atom. The number of halogens is 1. The number of carbonyl (C=O) groups is 1. The zero-order chi connectivity index (χ0) is 13.0. The van der Waals surface area contributed by atoms with Gasteiger partial charge in [0.15, 0.2) is 0 Å². The first-order valence-electron chi connectivity index (χ1n) is 6.36. The van der Waals surface area contributed by atoms with Gasteiger partial charge in [-0.2, -0.15) is 0 Å². The third kappa shape index (κ3) is 4.11. The van der Waals surface area contributed by atoms with Crippen LogP contribution in [0.25, 0.3) is 0 Å². The van der Waals surface area contributed by atoms with Crippen LogP contribution in [0.5, 0.6) is 5.75 Å². The molecular formula is C14H21ClN2O2. The first-order chi connectivity index (χ1) is 8.70. The summed E-state index contributed by atoms with van der Waals surface area (Å²) in [4.78, 5) is 12.1. The van der Waals surface area contributed by atoms with Crippen LogP contribution in [0.4, 0.5) is 0 Å². The molecule has 0 aromatic heterocycles. The summed E-state index contributed by atoms with van der Waals surface area (Å²) in [6, 6.07) is 7.40. The maximum atomic E-state index is 12.1. The van der Waals surface area contributed by atoms with Gasteiger partial charge in [0.05, 0.1) is 7.11 Å². The molecule has 1 aliphatic rings. The van der Waals surface area contributed by atoms with Crippen molar-refractivity contribution < 1.29 is 9.53 Å². The van der Waals surface area contributed by atoms with Gasteiger partial charge in [-0.3, -0.25) is 4.79 Å². The molecule has 1 amide bonds. The average molecular weight is 285 g/mol. The van der Waals surface area contributed by atoms with Crippen molar-refractivity contribution in [1.82, 2.24) is 10.6 Å². The van der Waals surface area contributed by atoms with Crippen LogP contribution >= 0.6 is 12.4 Å². The number of rotatable bonds is 3. The number of benzene rings is 1. The summed E-state index contributed by atoms with van der Waals surface area (Å²) in [6.07, 6.45) is 1.10. The van der Waals surface area contributed by atoms with Gasteiger partial charge in [-0.15, -0.1) is 12.4 Å². The molecule has 4 nitrogen and oxygen atoms in total. The van der Waals surface area contributed by atoms with Crippen LogP contribution in [-0.4, -0.2) is 32.1 Å². The first-order valence-corrected chi connectivity index (χ1v) is 6.36. The van der Waals surface area contributed by atoms with Crippen LogP contribution in [0.1, 0.15) is 23.7 Å². The SMILES string of the molecule is COc1ccc(C(=O)NC2CNCCC2C)cc1.Cl. The minimum atomic E-state index is -0.0156. The van der Waals surface area contributed by atoms with E-state index in [9.17, 15) is 4.79 Å². The highest BCUT2D eigenvalue weighted by Crippen LogP contribution is 2.14. The van der Waals surface area contributed by atoms with Crippen LogP contribution in [0.2, 0.25) is 0 Å². The van der Waals surface area contributed by atoms with E-state index in [0.29, 0.717) is 11.5 Å². The smallest absolute Gasteiger partial charge is 0.251 e. The van der Waals surface area contributed by atoms with Gasteiger partial charge in [0, 0.05) is 18.2 Å². The zero-order valence-electron chi connectivity index (χ0n) is 11.3. The molecule has 0 spiro atoms. The van der Waals surface area contributed by atoms with Crippen molar-refractivity contribution >= 4 is 18.3 Å². The van der Waals surface area contributed by atoms with Crippen LogP contribution in [0.15, 0.2) is 24.3 Å². The molecule has 1 aromatic carbocycles. The van der Waals surface area contributed by atoms with Gasteiger partial charge in [0.1, 0.15) is 5.75 Å². The van der Waals surface area contributed by atoms with E-state index in [-0.39, 0.29) is 24.4 Å². The lowest BCUT2D eigenvalue weighted by molar-refractivity contribution is 0.0915. The second-order valence-electron chi connectivity index (χ2n) is 4.78. The van der Waals surface area contributed by atoms with Gasteiger partial charge < -0.3 is 15.4 Å². The maximum Gasteiger partial charge on any atom is 0.251 e. The molecule has 1 aromatic rings. The van der Waals surface area contributed by atoms with E-state index >= 15 is 0 Å². The molecule has 1 saturated heterocycles. The molecule has 0 saturated carbocycles. The summed E-state index contributed by atoms with van der Waals surface area (Å²) in [7, 11) is 1.62. The van der Waals surface area contributed by atoms with Gasteiger partial charge in [-0.25, -0.2) is 0 Å². The number of methoxy groups -OCH3 is 1. The first kappa shape index (κ1) is 15.8. The molecule has 106 valence electrons. The largest absolute Gasteiger partial charge is 0.497 e. The molecule has 19 heavy (non-hydrogen) atoms. The van der Waals surface area contributed by atoms with Crippen LogP contribution in [0, 0.1) is 5.92 Å². The van der Waals surface area contributed by atoms with Crippen LogP contribution in [-0.2, 0) is 0 Å². The highest BCUT2D eigenvalue weighted by atomic mass is 35.5. The minimum Gasteiger partial charge on any atom is -0.497 e. The Labute approximate surface area is 120 Å². The molecule has 2 atom stereocenters. The molecular weight excluding hydrogens is 264 g/mol. The third-order valence-corrected chi connectivity index (χ3v) is 3.50. The Hall–Kier alpha value is -1.26. The second kappa shape index (κ2) is 7.36. The summed E-state index contributed by atoms with van der Waals surface area (Å²) in [5, 5.41) is 6.39. The Bertz CT molecular complexity index is 408. The van der Waals surface area contributed by atoms with E-state index in [1.54, 1.807) is 31.4 Å². The third-order valence-electron chi connectivity index (χ3n) is 3.50. The number of hydrogen-bond donors (Lipinski definition) is 2. The molecule has 0 radical (unpaired) electrons. The molecule has 1 fully saturated rings. The Morgan fingerprint density at radius 1 is 1.37 bits per heavy atom. The lowest BCUT2D eigenvalue weighted by atomic mass is 9.94. The number of piperidine rings is 1. The lowest BCUT2D eigenvalue weighted by Crippen LogP contribution is -2.50. The van der Waals surface area contributed by atoms with Crippen molar-refractivity contribution in [2.24, 2.45) is 5.92 Å². The Morgan fingerprint density at radius 2 is 2.05 bits per heavy atom. The Balaban J connectivity index is 0.00000180. The summed E-state index contributed by atoms with van der Waals surface area (Å²) in [5.41, 5.74) is 0.675. The second-order valence-corrected chi connectivity index (χ2v) is 4.78. The molecule has 0 aliphatic carbocycles. The van der Waals surface area contributed by atoms with Gasteiger partial charge in [-0.05, 0) is 43.1 Å². The average Bonchev–Trinajstić information content (AvgIpc) is 2.41. The van der Waals surface area contributed by atoms with Crippen molar-refractivity contribution in [1.29, 1.82) is 0 Å². The fourth-order valence-electron chi connectivity index (χ4n) is 2.18. The van der Waals surface area contributed by atoms with E-state index in [1.807, 2.05) is 0 Å². The van der Waals surface area contributed by atoms with Gasteiger partial charge >= 0.3 is 0 Å². The summed E-state index contributed by atoms with van der Waals surface area (Å²) < 4.78 is 5.07. The van der Waals surface area contributed by atoms with E-state index in [1.165, 1.54) is 0 Å². The van der Waals surface area contributed by atoms with Crippen molar-refractivity contribution in [3.8, 4) is 5.75 Å². The predicted octanol–water partition coefficient (Wildman–Crippen LogP) is 1.84. The van der Waals surface area contributed by atoms with Gasteiger partial charge in [0.25, 0.3) is 5.91 Å². The van der Waals surface area contributed by atoms with Crippen molar-refractivity contribution in [3.63, 3.8) is 0 Å². The monoisotopic (exact) mass is 284 g/mol. The van der Waals surface area contributed by atoms with Gasteiger partial charge in [0.2, 0.25) is 0 Å². The fraction of sp³-hybridized carbons (Fsp3) is 0.500. The molecule has 1 aliphatic heterocycles. The topological polar surface area (TPSA) is 50.4 Å². The molecule has 2 N–H and O–H groups in total. The molecule has 0 bridgehead atoms. The van der Waals surface area contributed by atoms with Gasteiger partial charge in [-0.1, -0.05) is 6.92 Å². The molecule has 1 heterocycles. The minimum absolute atomic E-state index is 0.